The highest BCUT2D eigenvalue weighted by Gasteiger charge is 2.21. The third-order valence-electron chi connectivity index (χ3n) is 5.11. The van der Waals surface area contributed by atoms with Crippen molar-refractivity contribution in [1.82, 2.24) is 10.6 Å². The molecule has 1 heterocycles. The number of rotatable bonds is 15. The summed E-state index contributed by atoms with van der Waals surface area (Å²) in [5, 5.41) is 6.45. The Balaban J connectivity index is 1.92. The lowest BCUT2D eigenvalue weighted by Crippen LogP contribution is -2.48. The number of furan rings is 1. The monoisotopic (exact) mass is 462 g/mol. The van der Waals surface area contributed by atoms with Gasteiger partial charge >= 0.3 is 0 Å². The Morgan fingerprint density at radius 2 is 1.91 bits per heavy atom. The van der Waals surface area contributed by atoms with Crippen molar-refractivity contribution in [2.75, 3.05) is 12.3 Å². The predicted molar refractivity (Wildman–Crippen MR) is 128 cm³/mol. The van der Waals surface area contributed by atoms with E-state index in [1.165, 1.54) is 24.3 Å². The second-order valence-electron chi connectivity index (χ2n) is 8.45. The molecular weight excluding hydrogens is 427 g/mol. The first kappa shape index (κ1) is 26.1. The minimum Gasteiger partial charge on any atom is -0.468 e. The largest absolute Gasteiger partial charge is 0.468 e. The number of nitrogens with one attached hydrogen (secondary N) is 2. The Bertz CT molecular complexity index is 809. The molecule has 0 bridgehead atoms. The van der Waals surface area contributed by atoms with E-state index in [-0.39, 0.29) is 29.6 Å². The van der Waals surface area contributed by atoms with Crippen LogP contribution in [-0.4, -0.2) is 36.1 Å². The normalized spacial score (nSPS) is 13.2. The van der Waals surface area contributed by atoms with Gasteiger partial charge in [-0.15, -0.1) is 11.8 Å². The molecule has 0 aliphatic carbocycles. The van der Waals surface area contributed by atoms with Crippen molar-refractivity contribution >= 4 is 23.5 Å². The number of carbonyl (C=O) groups excluding carboxylic acids is 2. The van der Waals surface area contributed by atoms with Crippen LogP contribution in [0.25, 0.3) is 0 Å². The van der Waals surface area contributed by atoms with E-state index in [9.17, 15) is 14.0 Å². The maximum Gasteiger partial charge on any atom is 0.251 e. The van der Waals surface area contributed by atoms with E-state index in [4.69, 9.17) is 4.42 Å². The fourth-order valence-corrected chi connectivity index (χ4v) is 4.32. The van der Waals surface area contributed by atoms with Crippen molar-refractivity contribution in [3.63, 3.8) is 0 Å². The van der Waals surface area contributed by atoms with Gasteiger partial charge in [0, 0.05) is 18.2 Å². The molecule has 2 unspecified atom stereocenters. The maximum absolute atomic E-state index is 13.2. The van der Waals surface area contributed by atoms with E-state index in [2.05, 4.69) is 31.4 Å². The van der Waals surface area contributed by atoms with Gasteiger partial charge < -0.3 is 15.1 Å². The average Bonchev–Trinajstić information content (AvgIpc) is 3.27. The van der Waals surface area contributed by atoms with Gasteiger partial charge in [-0.25, -0.2) is 4.39 Å². The summed E-state index contributed by atoms with van der Waals surface area (Å²) in [6.45, 7) is 6.82. The summed E-state index contributed by atoms with van der Waals surface area (Å²) in [6, 6.07) is 8.91. The molecule has 0 fully saturated rings. The summed E-state index contributed by atoms with van der Waals surface area (Å²) in [6.07, 6.45) is 5.17. The number of thioether (sulfide) groups is 1. The highest BCUT2D eigenvalue weighted by atomic mass is 32.2. The SMILES string of the molecule is CCCCC(NCC(CC(C)C)NC(=O)c1ccc(F)cc1)C(=O)CSCc1ccco1. The number of benzene rings is 1. The van der Waals surface area contributed by atoms with Crippen LogP contribution in [-0.2, 0) is 10.5 Å². The lowest BCUT2D eigenvalue weighted by molar-refractivity contribution is -0.118. The molecule has 32 heavy (non-hydrogen) atoms. The summed E-state index contributed by atoms with van der Waals surface area (Å²) in [5.74, 6) is 1.89. The van der Waals surface area contributed by atoms with Crippen molar-refractivity contribution in [2.45, 2.75) is 64.3 Å². The van der Waals surface area contributed by atoms with Crippen LogP contribution in [0.2, 0.25) is 0 Å². The molecule has 2 atom stereocenters. The van der Waals surface area contributed by atoms with Crippen LogP contribution in [0.4, 0.5) is 4.39 Å². The van der Waals surface area contributed by atoms with Gasteiger partial charge in [0.05, 0.1) is 23.8 Å². The zero-order chi connectivity index (χ0) is 23.3. The number of hydrogen-bond donors (Lipinski definition) is 2. The summed E-state index contributed by atoms with van der Waals surface area (Å²) < 4.78 is 18.5. The van der Waals surface area contributed by atoms with E-state index in [0.717, 1.165) is 31.4 Å². The Morgan fingerprint density at radius 3 is 2.53 bits per heavy atom. The van der Waals surface area contributed by atoms with Gasteiger partial charge in [-0.05, 0) is 55.2 Å². The number of halogens is 1. The molecule has 1 aromatic carbocycles. The minimum absolute atomic E-state index is 0.125. The number of ketones is 1. The van der Waals surface area contributed by atoms with Crippen molar-refractivity contribution < 1.29 is 18.4 Å². The van der Waals surface area contributed by atoms with Crippen molar-refractivity contribution in [1.29, 1.82) is 0 Å². The van der Waals surface area contributed by atoms with Crippen LogP contribution in [0.3, 0.4) is 0 Å². The molecule has 2 rings (SSSR count). The van der Waals surface area contributed by atoms with E-state index < -0.39 is 0 Å². The van der Waals surface area contributed by atoms with Gasteiger partial charge in [0.1, 0.15) is 11.6 Å². The summed E-state index contributed by atoms with van der Waals surface area (Å²) in [7, 11) is 0. The number of Topliss-reactive ketones (excluding diaryl/α,β-unsaturated/α-hetero) is 1. The topological polar surface area (TPSA) is 71.3 Å². The second kappa shape index (κ2) is 14.1. The van der Waals surface area contributed by atoms with E-state index in [0.29, 0.717) is 29.5 Å². The zero-order valence-corrected chi connectivity index (χ0v) is 20.1. The van der Waals surface area contributed by atoms with E-state index >= 15 is 0 Å². The van der Waals surface area contributed by atoms with Crippen molar-refractivity contribution in [2.24, 2.45) is 5.92 Å². The molecule has 0 aliphatic rings. The molecule has 7 heteroatoms. The highest BCUT2D eigenvalue weighted by molar-refractivity contribution is 7.99. The van der Waals surface area contributed by atoms with Gasteiger partial charge in [0.2, 0.25) is 0 Å². The van der Waals surface area contributed by atoms with E-state index in [1.54, 1.807) is 18.0 Å². The maximum atomic E-state index is 13.2. The molecule has 0 saturated heterocycles. The number of unbranched alkanes of at least 4 members (excludes halogenated alkanes) is 1. The molecule has 0 spiro atoms. The molecule has 176 valence electrons. The molecule has 1 amide bonds. The average molecular weight is 463 g/mol. The molecule has 0 radical (unpaired) electrons. The summed E-state index contributed by atoms with van der Waals surface area (Å²) in [4.78, 5) is 25.5. The highest BCUT2D eigenvalue weighted by Crippen LogP contribution is 2.15. The molecular formula is C25H35FN2O3S. The Labute approximate surface area is 194 Å². The first-order chi connectivity index (χ1) is 15.4. The number of hydrogen-bond acceptors (Lipinski definition) is 5. The second-order valence-corrected chi connectivity index (χ2v) is 9.43. The molecule has 0 saturated carbocycles. The van der Waals surface area contributed by atoms with Crippen LogP contribution < -0.4 is 10.6 Å². The summed E-state index contributed by atoms with van der Waals surface area (Å²) in [5.41, 5.74) is 0.424. The quantitative estimate of drug-likeness (QED) is 0.380. The first-order valence-electron chi connectivity index (χ1n) is 11.3. The molecule has 0 aliphatic heterocycles. The summed E-state index contributed by atoms with van der Waals surface area (Å²) >= 11 is 1.55. The van der Waals surface area contributed by atoms with Crippen LogP contribution in [0.1, 0.15) is 62.6 Å². The van der Waals surface area contributed by atoms with Crippen molar-refractivity contribution in [3.05, 3.63) is 59.8 Å². The fourth-order valence-electron chi connectivity index (χ4n) is 3.45. The van der Waals surface area contributed by atoms with Gasteiger partial charge in [-0.1, -0.05) is 33.6 Å². The number of amides is 1. The fraction of sp³-hybridized carbons (Fsp3) is 0.520. The Hall–Kier alpha value is -2.12. The first-order valence-corrected chi connectivity index (χ1v) is 12.5. The van der Waals surface area contributed by atoms with Crippen LogP contribution in [0.5, 0.6) is 0 Å². The van der Waals surface area contributed by atoms with Crippen LogP contribution >= 0.6 is 11.8 Å². The van der Waals surface area contributed by atoms with Gasteiger partial charge in [-0.3, -0.25) is 9.59 Å². The zero-order valence-electron chi connectivity index (χ0n) is 19.2. The van der Waals surface area contributed by atoms with Crippen LogP contribution in [0.15, 0.2) is 47.1 Å². The number of carbonyl (C=O) groups is 2. The lowest BCUT2D eigenvalue weighted by Gasteiger charge is -2.25. The predicted octanol–water partition coefficient (Wildman–Crippen LogP) is 5.21. The molecule has 2 N–H and O–H groups in total. The minimum atomic E-state index is -0.371. The molecule has 2 aromatic rings. The Morgan fingerprint density at radius 1 is 1.16 bits per heavy atom. The smallest absolute Gasteiger partial charge is 0.251 e. The molecule has 5 nitrogen and oxygen atoms in total. The van der Waals surface area contributed by atoms with E-state index in [1.807, 2.05) is 12.1 Å². The van der Waals surface area contributed by atoms with Crippen molar-refractivity contribution in [3.8, 4) is 0 Å². The van der Waals surface area contributed by atoms with Gasteiger partial charge in [-0.2, -0.15) is 0 Å². The third kappa shape index (κ3) is 9.57. The standard InChI is InChI=1S/C25H35FN2O3S/c1-4-5-8-23(24(29)17-32-16-22-7-6-13-31-22)27-15-21(14-18(2)3)28-25(30)19-9-11-20(26)12-10-19/h6-7,9-13,18,21,23,27H,4-5,8,14-17H2,1-3H3,(H,28,30). The third-order valence-corrected chi connectivity index (χ3v) is 6.09. The lowest BCUT2D eigenvalue weighted by atomic mass is 10.0. The van der Waals surface area contributed by atoms with Gasteiger partial charge in [0.15, 0.2) is 5.78 Å². The van der Waals surface area contributed by atoms with Crippen LogP contribution in [0, 0.1) is 11.7 Å². The van der Waals surface area contributed by atoms with Gasteiger partial charge in [0.25, 0.3) is 5.91 Å². The Kier molecular flexibility index (Phi) is 11.5. The molecule has 1 aromatic heterocycles.